The Morgan fingerprint density at radius 3 is 1.58 bits per heavy atom. The van der Waals surface area contributed by atoms with Crippen molar-refractivity contribution >= 4 is 89.4 Å². The molecule has 0 fully saturated rings. The van der Waals surface area contributed by atoms with Crippen LogP contribution in [0.2, 0.25) is 20.1 Å². The first-order chi connectivity index (χ1) is 21.3. The van der Waals surface area contributed by atoms with Gasteiger partial charge in [0.05, 0.1) is 24.9 Å². The molecule has 0 amide bonds. The van der Waals surface area contributed by atoms with Gasteiger partial charge < -0.3 is 0 Å². The van der Waals surface area contributed by atoms with Gasteiger partial charge >= 0.3 is 0 Å². The molecule has 0 saturated carbocycles. The molecule has 2 aliphatic rings. The summed E-state index contributed by atoms with van der Waals surface area (Å²) in [5, 5.41) is 0.620. The van der Waals surface area contributed by atoms with E-state index in [0.29, 0.717) is 9.92 Å². The number of ketones is 2. The van der Waals surface area contributed by atoms with Crippen LogP contribution in [0.5, 0.6) is 0 Å². The van der Waals surface area contributed by atoms with Gasteiger partial charge in [-0.1, -0.05) is 88.5 Å². The number of hydrogen-bond acceptors (Lipinski definition) is 7. The Balaban J connectivity index is 0.000000167. The summed E-state index contributed by atoms with van der Waals surface area (Å²) in [5.74, 6) is -0.703. The third-order valence-electron chi connectivity index (χ3n) is 7.00. The average molecular weight is 734 g/mol. The maximum absolute atomic E-state index is 13.1. The van der Waals surface area contributed by atoms with Crippen LogP contribution in [0.4, 0.5) is 0 Å². The van der Waals surface area contributed by atoms with Crippen molar-refractivity contribution in [1.29, 1.82) is 0 Å². The van der Waals surface area contributed by atoms with E-state index in [1.165, 1.54) is 54.2 Å². The van der Waals surface area contributed by atoms with Crippen molar-refractivity contribution in [3.63, 3.8) is 0 Å². The minimum Gasteiger partial charge on any atom is -0.289 e. The van der Waals surface area contributed by atoms with Crippen molar-refractivity contribution in [3.8, 4) is 0 Å². The zero-order valence-electron chi connectivity index (χ0n) is 22.4. The fourth-order valence-electron chi connectivity index (χ4n) is 4.98. The molecule has 2 heterocycles. The van der Waals surface area contributed by atoms with Crippen LogP contribution in [0.1, 0.15) is 31.8 Å². The Morgan fingerprint density at radius 2 is 1.02 bits per heavy atom. The lowest BCUT2D eigenvalue weighted by atomic mass is 10.0. The van der Waals surface area contributed by atoms with E-state index in [1.54, 1.807) is 48.5 Å². The molecule has 45 heavy (non-hydrogen) atoms. The summed E-state index contributed by atoms with van der Waals surface area (Å²) >= 11 is 25.5. The lowest BCUT2D eigenvalue weighted by molar-refractivity contribution is 0.102. The largest absolute Gasteiger partial charge is 0.289 e. The third-order valence-corrected chi connectivity index (χ3v) is 13.6. The van der Waals surface area contributed by atoms with E-state index in [-0.39, 0.29) is 68.5 Å². The van der Waals surface area contributed by atoms with Crippen molar-refractivity contribution in [2.75, 3.05) is 0 Å². The van der Waals surface area contributed by atoms with E-state index in [1.807, 2.05) is 6.07 Å². The van der Waals surface area contributed by atoms with Crippen molar-refractivity contribution in [2.24, 2.45) is 0 Å². The van der Waals surface area contributed by atoms with E-state index < -0.39 is 19.7 Å². The second kappa shape index (κ2) is 11.9. The predicted molar refractivity (Wildman–Crippen MR) is 174 cm³/mol. The molecule has 5 aromatic carbocycles. The molecule has 0 bridgehead atoms. The van der Waals surface area contributed by atoms with Crippen LogP contribution >= 0.6 is 58.2 Å². The van der Waals surface area contributed by atoms with Crippen LogP contribution in [-0.4, -0.2) is 28.4 Å². The van der Waals surface area contributed by atoms with Crippen molar-refractivity contribution in [3.05, 3.63) is 139 Å². The van der Waals surface area contributed by atoms with Crippen molar-refractivity contribution < 1.29 is 26.4 Å². The molecule has 0 aliphatic carbocycles. The SMILES string of the molecule is O=C1c2ccccc2S(=O)(=O)c2c1ccc(Cl)c2Cl.O=C1c2ccccc2S(=O)(=O)c2c1ccc(Sc1cccc(Cl)c1)c2Cl. The summed E-state index contributed by atoms with van der Waals surface area (Å²) in [6.45, 7) is 0. The summed E-state index contributed by atoms with van der Waals surface area (Å²) in [5.41, 5.74) is 0.497. The molecule has 2 aliphatic heterocycles. The third kappa shape index (κ3) is 5.40. The highest BCUT2D eigenvalue weighted by atomic mass is 35.5. The molecule has 0 N–H and O–H groups in total. The number of fused-ring (bicyclic) bond motifs is 4. The quantitative estimate of drug-likeness (QED) is 0.175. The summed E-state index contributed by atoms with van der Waals surface area (Å²) in [4.78, 5) is 26.0. The van der Waals surface area contributed by atoms with Gasteiger partial charge in [-0.2, -0.15) is 0 Å². The zero-order valence-corrected chi connectivity index (χ0v) is 27.9. The fraction of sp³-hybridized carbons (Fsp3) is 0. The second-order valence-corrected chi connectivity index (χ2v) is 16.1. The van der Waals surface area contributed by atoms with Crippen LogP contribution < -0.4 is 0 Å². The van der Waals surface area contributed by atoms with E-state index in [2.05, 4.69) is 0 Å². The van der Waals surface area contributed by atoms with Gasteiger partial charge in [0.1, 0.15) is 9.79 Å². The number of sulfone groups is 2. The standard InChI is InChI=1S/C19H10Cl2O3S2.C13H6Cl2O3S/c20-11-4-3-5-12(10-11)25-15-9-8-14-18(22)13-6-1-2-7-16(13)26(23,24)19(14)17(15)21;14-9-6-5-8-12(16)7-3-1-2-4-10(7)19(17,18)13(8)11(9)15/h1-10H;1-6H. The second-order valence-electron chi connectivity index (χ2n) is 9.71. The van der Waals surface area contributed by atoms with Gasteiger partial charge in [-0.05, 0) is 66.7 Å². The van der Waals surface area contributed by atoms with Gasteiger partial charge in [0.25, 0.3) is 0 Å². The van der Waals surface area contributed by atoms with Crippen molar-refractivity contribution in [2.45, 2.75) is 29.4 Å². The van der Waals surface area contributed by atoms with E-state index in [0.717, 1.165) is 4.90 Å². The molecule has 0 radical (unpaired) electrons. The molecule has 0 unspecified atom stereocenters. The molecule has 226 valence electrons. The average Bonchev–Trinajstić information content (AvgIpc) is 3.01. The lowest BCUT2D eigenvalue weighted by Crippen LogP contribution is -2.20. The van der Waals surface area contributed by atoms with E-state index in [9.17, 15) is 26.4 Å². The van der Waals surface area contributed by atoms with Gasteiger partial charge in [0.15, 0.2) is 11.6 Å². The van der Waals surface area contributed by atoms with Crippen LogP contribution in [0.3, 0.4) is 0 Å². The smallest absolute Gasteiger partial charge is 0.209 e. The first-order valence-corrected chi connectivity index (χ1v) is 18.1. The van der Waals surface area contributed by atoms with E-state index in [4.69, 9.17) is 46.4 Å². The molecular formula is C32H16Cl4O6S3. The number of carbonyl (C=O) groups excluding carboxylic acids is 2. The number of carbonyl (C=O) groups is 2. The molecule has 0 atom stereocenters. The maximum atomic E-state index is 13.1. The Morgan fingerprint density at radius 1 is 0.511 bits per heavy atom. The zero-order chi connectivity index (χ0) is 32.3. The molecule has 0 spiro atoms. The highest BCUT2D eigenvalue weighted by Gasteiger charge is 2.38. The van der Waals surface area contributed by atoms with Gasteiger partial charge in [0.2, 0.25) is 19.7 Å². The Bertz CT molecular complexity index is 2320. The number of halogens is 4. The minimum atomic E-state index is -3.88. The fourth-order valence-corrected chi connectivity index (χ4v) is 10.9. The first-order valence-electron chi connectivity index (χ1n) is 12.9. The lowest BCUT2D eigenvalue weighted by Gasteiger charge is -2.21. The molecule has 13 heteroatoms. The predicted octanol–water partition coefficient (Wildman–Crippen LogP) is 8.89. The summed E-state index contributed by atoms with van der Waals surface area (Å²) in [6, 6.07) is 25.4. The highest BCUT2D eigenvalue weighted by molar-refractivity contribution is 7.99. The van der Waals surface area contributed by atoms with Gasteiger partial charge in [-0.15, -0.1) is 0 Å². The number of benzene rings is 5. The molecule has 6 nitrogen and oxygen atoms in total. The highest BCUT2D eigenvalue weighted by Crippen LogP contribution is 2.44. The van der Waals surface area contributed by atoms with Gasteiger partial charge in [-0.3, -0.25) is 9.59 Å². The monoisotopic (exact) mass is 732 g/mol. The molecule has 5 aromatic rings. The summed E-state index contributed by atoms with van der Waals surface area (Å²) in [7, 11) is -7.70. The molecule has 0 saturated heterocycles. The van der Waals surface area contributed by atoms with Crippen LogP contribution in [-0.2, 0) is 19.7 Å². The van der Waals surface area contributed by atoms with Gasteiger partial charge in [0, 0.05) is 37.1 Å². The normalized spacial score (nSPS) is 15.1. The molecular weight excluding hydrogens is 718 g/mol. The molecule has 7 rings (SSSR count). The van der Waals surface area contributed by atoms with Crippen LogP contribution in [0, 0.1) is 0 Å². The molecule has 0 aromatic heterocycles. The van der Waals surface area contributed by atoms with Crippen LogP contribution in [0.15, 0.2) is 126 Å². The van der Waals surface area contributed by atoms with Crippen LogP contribution in [0.25, 0.3) is 0 Å². The summed E-state index contributed by atoms with van der Waals surface area (Å²) in [6.07, 6.45) is 0. The number of rotatable bonds is 2. The number of hydrogen-bond donors (Lipinski definition) is 0. The Kier molecular flexibility index (Phi) is 8.41. The maximum Gasteiger partial charge on any atom is 0.209 e. The van der Waals surface area contributed by atoms with Crippen molar-refractivity contribution in [1.82, 2.24) is 0 Å². The van der Waals surface area contributed by atoms with Gasteiger partial charge in [-0.25, -0.2) is 16.8 Å². The Labute approximate surface area is 282 Å². The first kappa shape index (κ1) is 31.8. The topological polar surface area (TPSA) is 102 Å². The minimum absolute atomic E-state index is 0.00990. The summed E-state index contributed by atoms with van der Waals surface area (Å²) < 4.78 is 51.1. The van der Waals surface area contributed by atoms with E-state index >= 15 is 0 Å². The Hall–Kier alpha value is -3.15.